The van der Waals surface area contributed by atoms with Crippen molar-refractivity contribution in [2.75, 3.05) is 19.0 Å². The SMILES string of the molecule is COc1ncc(NC(=O)C(=O)N2C[C@H](C)CC[C@H]2c2ccc3nn(C)cc3c2)cc1C(N)=O. The van der Waals surface area contributed by atoms with Crippen molar-refractivity contribution in [3.05, 3.63) is 47.8 Å². The van der Waals surface area contributed by atoms with Crippen molar-refractivity contribution >= 4 is 34.3 Å². The molecule has 0 aliphatic carbocycles. The number of likely N-dealkylation sites (tertiary alicyclic amines) is 1. The van der Waals surface area contributed by atoms with Gasteiger partial charge in [0.1, 0.15) is 5.56 Å². The van der Waals surface area contributed by atoms with Crippen LogP contribution in [0, 0.1) is 5.92 Å². The van der Waals surface area contributed by atoms with Gasteiger partial charge in [-0.05, 0) is 42.5 Å². The number of carbonyl (C=O) groups excluding carboxylic acids is 3. The number of aryl methyl sites for hydroxylation is 1. The third kappa shape index (κ3) is 4.50. The van der Waals surface area contributed by atoms with Crippen LogP contribution in [0.5, 0.6) is 5.88 Å². The number of piperidine rings is 1. The molecule has 33 heavy (non-hydrogen) atoms. The van der Waals surface area contributed by atoms with Gasteiger partial charge < -0.3 is 20.7 Å². The van der Waals surface area contributed by atoms with Gasteiger partial charge in [0.05, 0.1) is 30.6 Å². The van der Waals surface area contributed by atoms with E-state index in [1.54, 1.807) is 9.58 Å². The van der Waals surface area contributed by atoms with Crippen LogP contribution in [-0.4, -0.2) is 51.0 Å². The Kier molecular flexibility index (Phi) is 5.99. The predicted octanol–water partition coefficient (Wildman–Crippen LogP) is 2.01. The Balaban J connectivity index is 1.58. The van der Waals surface area contributed by atoms with Gasteiger partial charge in [0.15, 0.2) is 0 Å². The van der Waals surface area contributed by atoms with Crippen LogP contribution in [0.3, 0.4) is 0 Å². The summed E-state index contributed by atoms with van der Waals surface area (Å²) >= 11 is 0. The van der Waals surface area contributed by atoms with Crippen LogP contribution in [0.1, 0.15) is 41.7 Å². The minimum atomic E-state index is -0.807. The summed E-state index contributed by atoms with van der Waals surface area (Å²) in [4.78, 5) is 43.3. The molecule has 0 bridgehead atoms. The van der Waals surface area contributed by atoms with E-state index in [-0.39, 0.29) is 29.1 Å². The first-order valence-corrected chi connectivity index (χ1v) is 10.7. The first-order valence-electron chi connectivity index (χ1n) is 10.7. The smallest absolute Gasteiger partial charge is 0.313 e. The van der Waals surface area contributed by atoms with E-state index in [9.17, 15) is 14.4 Å². The fourth-order valence-corrected chi connectivity index (χ4v) is 4.27. The molecule has 1 fully saturated rings. The summed E-state index contributed by atoms with van der Waals surface area (Å²) in [6.07, 6.45) is 4.94. The number of nitrogens with zero attached hydrogens (tertiary/aromatic N) is 4. The molecular formula is C23H26N6O4. The zero-order valence-corrected chi connectivity index (χ0v) is 18.7. The van der Waals surface area contributed by atoms with Crippen molar-refractivity contribution in [3.8, 4) is 5.88 Å². The highest BCUT2D eigenvalue weighted by Gasteiger charge is 2.34. The van der Waals surface area contributed by atoms with Crippen LogP contribution < -0.4 is 15.8 Å². The van der Waals surface area contributed by atoms with Crippen LogP contribution >= 0.6 is 0 Å². The van der Waals surface area contributed by atoms with Crippen LogP contribution in [0.2, 0.25) is 0 Å². The average Bonchev–Trinajstić information content (AvgIpc) is 3.17. The van der Waals surface area contributed by atoms with Crippen molar-refractivity contribution in [1.82, 2.24) is 19.7 Å². The average molecular weight is 450 g/mol. The van der Waals surface area contributed by atoms with Crippen molar-refractivity contribution in [1.29, 1.82) is 0 Å². The number of primary amides is 1. The molecule has 2 atom stereocenters. The Morgan fingerprint density at radius 1 is 1.21 bits per heavy atom. The third-order valence-electron chi connectivity index (χ3n) is 5.87. The third-order valence-corrected chi connectivity index (χ3v) is 5.87. The topological polar surface area (TPSA) is 132 Å². The molecule has 1 aliphatic rings. The fourth-order valence-electron chi connectivity index (χ4n) is 4.27. The van der Waals surface area contributed by atoms with Gasteiger partial charge in [0.25, 0.3) is 5.91 Å². The van der Waals surface area contributed by atoms with E-state index in [2.05, 4.69) is 22.3 Å². The van der Waals surface area contributed by atoms with Crippen molar-refractivity contribution in [2.45, 2.75) is 25.8 Å². The molecule has 10 nitrogen and oxygen atoms in total. The van der Waals surface area contributed by atoms with Crippen molar-refractivity contribution in [2.24, 2.45) is 18.7 Å². The number of rotatable bonds is 4. The van der Waals surface area contributed by atoms with Gasteiger partial charge in [-0.25, -0.2) is 4.98 Å². The lowest BCUT2D eigenvalue weighted by Gasteiger charge is -2.38. The van der Waals surface area contributed by atoms with E-state index in [0.29, 0.717) is 6.54 Å². The number of anilines is 1. The number of pyridine rings is 1. The normalized spacial score (nSPS) is 18.2. The highest BCUT2D eigenvalue weighted by atomic mass is 16.5. The maximum absolute atomic E-state index is 13.2. The number of nitrogens with one attached hydrogen (secondary N) is 1. The second-order valence-electron chi connectivity index (χ2n) is 8.38. The van der Waals surface area contributed by atoms with Crippen LogP contribution in [0.25, 0.3) is 10.9 Å². The van der Waals surface area contributed by atoms with E-state index in [0.717, 1.165) is 29.3 Å². The van der Waals surface area contributed by atoms with Gasteiger partial charge in [0.2, 0.25) is 5.88 Å². The molecule has 172 valence electrons. The number of carbonyl (C=O) groups is 3. The lowest BCUT2D eigenvalue weighted by Crippen LogP contribution is -2.46. The molecule has 1 aromatic carbocycles. The minimum Gasteiger partial charge on any atom is -0.480 e. The summed E-state index contributed by atoms with van der Waals surface area (Å²) in [5.74, 6) is -1.89. The Morgan fingerprint density at radius 2 is 2.00 bits per heavy atom. The van der Waals surface area contributed by atoms with Crippen LogP contribution in [0.15, 0.2) is 36.7 Å². The highest BCUT2D eigenvalue weighted by molar-refractivity contribution is 6.39. The zero-order chi connectivity index (χ0) is 23.7. The first-order chi connectivity index (χ1) is 15.8. The maximum Gasteiger partial charge on any atom is 0.313 e. The molecule has 1 saturated heterocycles. The molecule has 10 heteroatoms. The largest absolute Gasteiger partial charge is 0.480 e. The standard InChI is InChI=1S/C23H26N6O4/c1-13-4-7-19(14-5-6-18-15(8-14)12-28(2)27-18)29(11-13)23(32)21(31)26-16-9-17(20(24)30)22(33-3)25-10-16/h5-6,8-10,12-13,19H,4,7,11H2,1-3H3,(H2,24,30)(H,26,31)/t13-,19+/m1/s1. The van der Waals surface area contributed by atoms with Crippen LogP contribution in [0.4, 0.5) is 5.69 Å². The molecule has 0 radical (unpaired) electrons. The number of hydrogen-bond acceptors (Lipinski definition) is 6. The number of ether oxygens (including phenoxy) is 1. The molecule has 3 heterocycles. The van der Waals surface area contributed by atoms with E-state index in [1.165, 1.54) is 19.4 Å². The Hall–Kier alpha value is -3.95. The van der Waals surface area contributed by atoms with E-state index in [1.807, 2.05) is 31.4 Å². The van der Waals surface area contributed by atoms with E-state index < -0.39 is 17.7 Å². The van der Waals surface area contributed by atoms with Gasteiger partial charge in [-0.3, -0.25) is 19.1 Å². The number of aromatic nitrogens is 3. The predicted molar refractivity (Wildman–Crippen MR) is 122 cm³/mol. The molecule has 2 aromatic heterocycles. The monoisotopic (exact) mass is 450 g/mol. The number of benzene rings is 1. The summed E-state index contributed by atoms with van der Waals surface area (Å²) < 4.78 is 6.76. The first kappa shape index (κ1) is 22.3. The quantitative estimate of drug-likeness (QED) is 0.585. The number of methoxy groups -OCH3 is 1. The number of nitrogens with two attached hydrogens (primary N) is 1. The molecular weight excluding hydrogens is 424 g/mol. The van der Waals surface area contributed by atoms with Crippen LogP contribution in [-0.2, 0) is 16.6 Å². The molecule has 3 N–H and O–H groups in total. The minimum absolute atomic E-state index is 0.0111. The number of fused-ring (bicyclic) bond motifs is 1. The summed E-state index contributed by atoms with van der Waals surface area (Å²) in [6.45, 7) is 2.53. The molecule has 0 spiro atoms. The molecule has 0 saturated carbocycles. The fraction of sp³-hybridized carbons (Fsp3) is 0.348. The second kappa shape index (κ2) is 8.89. The molecule has 4 rings (SSSR count). The number of hydrogen-bond donors (Lipinski definition) is 2. The highest BCUT2D eigenvalue weighted by Crippen LogP contribution is 2.34. The Morgan fingerprint density at radius 3 is 2.73 bits per heavy atom. The number of amides is 3. The Labute approximate surface area is 190 Å². The summed E-state index contributed by atoms with van der Waals surface area (Å²) in [6, 6.07) is 7.03. The summed E-state index contributed by atoms with van der Waals surface area (Å²) in [7, 11) is 3.22. The zero-order valence-electron chi connectivity index (χ0n) is 18.7. The van der Waals surface area contributed by atoms with E-state index >= 15 is 0 Å². The molecule has 0 unspecified atom stereocenters. The molecule has 3 amide bonds. The second-order valence-corrected chi connectivity index (χ2v) is 8.38. The lowest BCUT2D eigenvalue weighted by molar-refractivity contribution is -0.146. The maximum atomic E-state index is 13.2. The van der Waals surface area contributed by atoms with Gasteiger partial charge in [0, 0.05) is 25.2 Å². The summed E-state index contributed by atoms with van der Waals surface area (Å²) in [5.41, 5.74) is 7.38. The van der Waals surface area contributed by atoms with Gasteiger partial charge in [-0.1, -0.05) is 13.0 Å². The van der Waals surface area contributed by atoms with Crippen molar-refractivity contribution < 1.29 is 19.1 Å². The van der Waals surface area contributed by atoms with Gasteiger partial charge in [-0.2, -0.15) is 5.10 Å². The van der Waals surface area contributed by atoms with E-state index in [4.69, 9.17) is 10.5 Å². The lowest BCUT2D eigenvalue weighted by atomic mass is 9.89. The van der Waals surface area contributed by atoms with Gasteiger partial charge in [-0.15, -0.1) is 0 Å². The summed E-state index contributed by atoms with van der Waals surface area (Å²) in [5, 5.41) is 7.91. The van der Waals surface area contributed by atoms with Gasteiger partial charge >= 0.3 is 11.8 Å². The Bertz CT molecular complexity index is 1240. The molecule has 1 aliphatic heterocycles. The van der Waals surface area contributed by atoms with Crippen molar-refractivity contribution in [3.63, 3.8) is 0 Å². The molecule has 3 aromatic rings.